The number of ether oxygens (including phenoxy) is 1. The van der Waals surface area contributed by atoms with Crippen molar-refractivity contribution in [1.82, 2.24) is 5.32 Å². The molecule has 1 saturated heterocycles. The van der Waals surface area contributed by atoms with Crippen LogP contribution in [-0.2, 0) is 10.2 Å². The fraction of sp³-hybridized carbons (Fsp3) is 0.435. The number of hydrogen-bond acceptors (Lipinski definition) is 3. The Bertz CT molecular complexity index is 744. The number of hydrogen-bond donors (Lipinski definition) is 1. The second kappa shape index (κ2) is 8.49. The van der Waals surface area contributed by atoms with E-state index in [1.54, 1.807) is 0 Å². The molecule has 3 rings (SSSR count). The van der Waals surface area contributed by atoms with E-state index < -0.39 is 0 Å². The second-order valence-corrected chi connectivity index (χ2v) is 9.76. The molecule has 1 heterocycles. The van der Waals surface area contributed by atoms with Gasteiger partial charge in [0.1, 0.15) is 0 Å². The second-order valence-electron chi connectivity index (χ2n) is 8.22. The summed E-state index contributed by atoms with van der Waals surface area (Å²) in [6, 6.07) is 18.4. The number of rotatable bonds is 5. The third kappa shape index (κ3) is 5.36. The summed E-state index contributed by atoms with van der Waals surface area (Å²) in [4.78, 5) is 13.9. The lowest BCUT2D eigenvalue weighted by molar-refractivity contribution is 0.0741. The van der Waals surface area contributed by atoms with E-state index >= 15 is 0 Å². The van der Waals surface area contributed by atoms with E-state index in [1.807, 2.05) is 30.0 Å². The van der Waals surface area contributed by atoms with Gasteiger partial charge in [-0.05, 0) is 48.1 Å². The number of thioether (sulfide) groups is 1. The molecule has 144 valence electrons. The molecule has 0 spiro atoms. The average molecular weight is 384 g/mol. The number of benzene rings is 2. The minimum atomic E-state index is -0.0133. The van der Waals surface area contributed by atoms with E-state index in [1.165, 1.54) is 10.5 Å². The molecule has 3 nitrogen and oxygen atoms in total. The summed E-state index contributed by atoms with van der Waals surface area (Å²) in [6.45, 7) is 8.68. The van der Waals surface area contributed by atoms with Crippen molar-refractivity contribution in [2.75, 3.05) is 19.8 Å². The molecule has 4 heteroatoms. The van der Waals surface area contributed by atoms with Gasteiger partial charge in [0.05, 0.1) is 0 Å². The van der Waals surface area contributed by atoms with E-state index in [2.05, 4.69) is 62.5 Å². The molecule has 1 amide bonds. The van der Waals surface area contributed by atoms with Gasteiger partial charge in [0, 0.05) is 35.0 Å². The Balaban J connectivity index is 1.67. The highest BCUT2D eigenvalue weighted by Gasteiger charge is 2.34. The first-order chi connectivity index (χ1) is 12.9. The maximum Gasteiger partial charge on any atom is 0.251 e. The van der Waals surface area contributed by atoms with Crippen LogP contribution in [0.5, 0.6) is 0 Å². The first-order valence-corrected chi connectivity index (χ1v) is 10.4. The molecule has 1 N–H and O–H groups in total. The van der Waals surface area contributed by atoms with Gasteiger partial charge in [-0.25, -0.2) is 0 Å². The van der Waals surface area contributed by atoms with E-state index in [9.17, 15) is 4.79 Å². The molecular weight excluding hydrogens is 354 g/mol. The van der Waals surface area contributed by atoms with Crippen molar-refractivity contribution >= 4 is 17.7 Å². The summed E-state index contributed by atoms with van der Waals surface area (Å²) >= 11 is 1.86. The highest BCUT2D eigenvalue weighted by atomic mass is 32.2. The predicted molar refractivity (Wildman–Crippen MR) is 113 cm³/mol. The molecule has 1 aliphatic rings. The Hall–Kier alpha value is -1.78. The number of amides is 1. The van der Waals surface area contributed by atoms with E-state index in [0.29, 0.717) is 6.54 Å². The third-order valence-electron chi connectivity index (χ3n) is 5.07. The lowest BCUT2D eigenvalue weighted by Gasteiger charge is -2.36. The number of carbonyl (C=O) groups is 1. The van der Waals surface area contributed by atoms with Crippen LogP contribution in [0.3, 0.4) is 0 Å². The summed E-state index contributed by atoms with van der Waals surface area (Å²) in [7, 11) is 0. The molecular formula is C23H29NO2S. The molecule has 27 heavy (non-hydrogen) atoms. The Morgan fingerprint density at radius 3 is 2.26 bits per heavy atom. The predicted octanol–water partition coefficient (Wildman–Crippen LogP) is 5.06. The minimum absolute atomic E-state index is 0.00464. The maximum absolute atomic E-state index is 12.7. The highest BCUT2D eigenvalue weighted by Crippen LogP contribution is 2.40. The zero-order valence-corrected chi connectivity index (χ0v) is 17.3. The summed E-state index contributed by atoms with van der Waals surface area (Å²) in [6.07, 6.45) is 1.88. The van der Waals surface area contributed by atoms with Gasteiger partial charge < -0.3 is 10.1 Å². The Morgan fingerprint density at radius 2 is 1.67 bits per heavy atom. The molecule has 0 unspecified atom stereocenters. The minimum Gasteiger partial charge on any atom is -0.381 e. The van der Waals surface area contributed by atoms with Crippen molar-refractivity contribution in [2.24, 2.45) is 0 Å². The Kier molecular flexibility index (Phi) is 6.28. The molecule has 0 atom stereocenters. The topological polar surface area (TPSA) is 38.3 Å². The lowest BCUT2D eigenvalue weighted by Crippen LogP contribution is -2.44. The smallest absolute Gasteiger partial charge is 0.251 e. The van der Waals surface area contributed by atoms with E-state index in [0.717, 1.165) is 31.6 Å². The van der Waals surface area contributed by atoms with Crippen molar-refractivity contribution in [3.8, 4) is 0 Å². The molecule has 0 bridgehead atoms. The zero-order valence-electron chi connectivity index (χ0n) is 16.5. The van der Waals surface area contributed by atoms with Crippen LogP contribution in [0.25, 0.3) is 0 Å². The zero-order chi connectivity index (χ0) is 19.3. The Morgan fingerprint density at radius 1 is 1.04 bits per heavy atom. The van der Waals surface area contributed by atoms with Gasteiger partial charge in [-0.15, -0.1) is 11.8 Å². The van der Waals surface area contributed by atoms with E-state index in [-0.39, 0.29) is 16.1 Å². The lowest BCUT2D eigenvalue weighted by atomic mass is 9.86. The van der Waals surface area contributed by atoms with Crippen LogP contribution in [0.2, 0.25) is 0 Å². The summed E-state index contributed by atoms with van der Waals surface area (Å²) in [5.41, 5.74) is 2.04. The highest BCUT2D eigenvalue weighted by molar-refractivity contribution is 8.00. The molecule has 2 aromatic rings. The standard InChI is InChI=1S/C23H29NO2S/c1-22(2,3)19-11-9-18(10-12-19)21(25)24-17-23(13-15-26-16-14-23)27-20-7-5-4-6-8-20/h4-12H,13-17H2,1-3H3,(H,24,25). The fourth-order valence-electron chi connectivity index (χ4n) is 3.26. The molecule has 0 aliphatic carbocycles. The quantitative estimate of drug-likeness (QED) is 0.785. The largest absolute Gasteiger partial charge is 0.381 e. The van der Waals surface area contributed by atoms with Gasteiger partial charge >= 0.3 is 0 Å². The van der Waals surface area contributed by atoms with Crippen LogP contribution in [0, 0.1) is 0 Å². The van der Waals surface area contributed by atoms with Crippen LogP contribution in [0.1, 0.15) is 49.5 Å². The van der Waals surface area contributed by atoms with E-state index in [4.69, 9.17) is 4.74 Å². The van der Waals surface area contributed by atoms with Crippen LogP contribution < -0.4 is 5.32 Å². The van der Waals surface area contributed by atoms with Gasteiger partial charge in [0.15, 0.2) is 0 Å². The Labute approximate surface area is 166 Å². The van der Waals surface area contributed by atoms with Crippen LogP contribution in [0.4, 0.5) is 0 Å². The molecule has 2 aromatic carbocycles. The summed E-state index contributed by atoms with van der Waals surface area (Å²) in [5, 5.41) is 3.17. The molecule has 0 radical (unpaired) electrons. The van der Waals surface area contributed by atoms with Gasteiger partial charge in [-0.1, -0.05) is 51.1 Å². The van der Waals surface area contributed by atoms with Crippen molar-refractivity contribution < 1.29 is 9.53 Å². The van der Waals surface area contributed by atoms with Gasteiger partial charge in [0.2, 0.25) is 0 Å². The normalized spacial score (nSPS) is 16.7. The molecule has 1 fully saturated rings. The van der Waals surface area contributed by atoms with Crippen molar-refractivity contribution in [1.29, 1.82) is 0 Å². The average Bonchev–Trinajstić information content (AvgIpc) is 2.67. The monoisotopic (exact) mass is 383 g/mol. The van der Waals surface area contributed by atoms with Crippen molar-refractivity contribution in [3.05, 3.63) is 65.7 Å². The van der Waals surface area contributed by atoms with Crippen LogP contribution >= 0.6 is 11.8 Å². The van der Waals surface area contributed by atoms with Crippen molar-refractivity contribution in [2.45, 2.75) is 48.7 Å². The van der Waals surface area contributed by atoms with Gasteiger partial charge in [-0.3, -0.25) is 4.79 Å². The third-order valence-corrected chi connectivity index (χ3v) is 6.56. The fourth-order valence-corrected chi connectivity index (χ4v) is 4.57. The van der Waals surface area contributed by atoms with Gasteiger partial charge in [-0.2, -0.15) is 0 Å². The first kappa shape index (κ1) is 20.0. The SMILES string of the molecule is CC(C)(C)c1ccc(C(=O)NCC2(Sc3ccccc3)CCOCC2)cc1. The number of carbonyl (C=O) groups excluding carboxylic acids is 1. The molecule has 0 aromatic heterocycles. The van der Waals surface area contributed by atoms with Gasteiger partial charge in [0.25, 0.3) is 5.91 Å². The van der Waals surface area contributed by atoms with Crippen molar-refractivity contribution in [3.63, 3.8) is 0 Å². The summed E-state index contributed by atoms with van der Waals surface area (Å²) in [5.74, 6) is -0.00464. The van der Waals surface area contributed by atoms with Crippen LogP contribution in [0.15, 0.2) is 59.5 Å². The summed E-state index contributed by atoms with van der Waals surface area (Å²) < 4.78 is 5.56. The molecule has 0 saturated carbocycles. The first-order valence-electron chi connectivity index (χ1n) is 9.59. The molecule has 1 aliphatic heterocycles. The van der Waals surface area contributed by atoms with Crippen LogP contribution in [-0.4, -0.2) is 30.4 Å². The number of nitrogens with one attached hydrogen (secondary N) is 1. The maximum atomic E-state index is 12.7.